The van der Waals surface area contributed by atoms with Gasteiger partial charge < -0.3 is 10.1 Å². The van der Waals surface area contributed by atoms with Gasteiger partial charge in [-0.05, 0) is 29.8 Å². The molecule has 0 atom stereocenters. The lowest BCUT2D eigenvalue weighted by Crippen LogP contribution is -2.20. The molecule has 0 aromatic heterocycles. The van der Waals surface area contributed by atoms with Gasteiger partial charge in [0.1, 0.15) is 0 Å². The number of nitrogens with one attached hydrogen (secondary N) is 1. The molecule has 2 rings (SSSR count). The number of para-hydroxylation sites is 1. The van der Waals surface area contributed by atoms with Gasteiger partial charge in [0.2, 0.25) is 0 Å². The van der Waals surface area contributed by atoms with Crippen LogP contribution in [-0.4, -0.2) is 33.2 Å². The van der Waals surface area contributed by atoms with E-state index in [0.29, 0.717) is 11.3 Å². The highest BCUT2D eigenvalue weighted by molar-refractivity contribution is 7.89. The average Bonchev–Trinajstić information content (AvgIpc) is 2.53. The number of rotatable bonds is 6. The number of esters is 1. The van der Waals surface area contributed by atoms with Gasteiger partial charge in [-0.25, -0.2) is 13.2 Å². The van der Waals surface area contributed by atoms with Crippen LogP contribution in [0.2, 0.25) is 0 Å². The largest absolute Gasteiger partial charge is 0.452 e. The molecule has 0 aliphatic rings. The highest BCUT2D eigenvalue weighted by Crippen LogP contribution is 2.09. The SMILES string of the molecule is CS(=O)(=O)Cc1ccc(C(=O)OCC(=O)Nc2ccccc2)cc1. The van der Waals surface area contributed by atoms with Crippen molar-refractivity contribution < 1.29 is 22.7 Å². The van der Waals surface area contributed by atoms with E-state index in [9.17, 15) is 18.0 Å². The molecule has 0 saturated carbocycles. The zero-order valence-electron chi connectivity index (χ0n) is 13.1. The van der Waals surface area contributed by atoms with Crippen molar-refractivity contribution in [3.63, 3.8) is 0 Å². The van der Waals surface area contributed by atoms with Gasteiger partial charge in [0.15, 0.2) is 16.4 Å². The number of carbonyl (C=O) groups is 2. The van der Waals surface area contributed by atoms with Crippen LogP contribution in [0.3, 0.4) is 0 Å². The van der Waals surface area contributed by atoms with Crippen molar-refractivity contribution in [2.75, 3.05) is 18.2 Å². The Balaban J connectivity index is 1.87. The summed E-state index contributed by atoms with van der Waals surface area (Å²) in [5.41, 5.74) is 1.44. The number of carbonyl (C=O) groups excluding carboxylic acids is 2. The summed E-state index contributed by atoms with van der Waals surface area (Å²) in [4.78, 5) is 23.6. The van der Waals surface area contributed by atoms with Crippen LogP contribution >= 0.6 is 0 Å². The molecule has 0 heterocycles. The summed E-state index contributed by atoms with van der Waals surface area (Å²) in [6, 6.07) is 14.8. The summed E-state index contributed by atoms with van der Waals surface area (Å²) in [7, 11) is -3.13. The first kappa shape index (κ1) is 17.7. The number of ether oxygens (including phenoxy) is 1. The first-order valence-corrected chi connectivity index (χ1v) is 9.18. The minimum atomic E-state index is -3.13. The summed E-state index contributed by atoms with van der Waals surface area (Å²) in [5.74, 6) is -1.19. The van der Waals surface area contributed by atoms with Crippen molar-refractivity contribution in [2.24, 2.45) is 0 Å². The number of amides is 1. The minimum Gasteiger partial charge on any atom is -0.452 e. The van der Waals surface area contributed by atoms with Crippen molar-refractivity contribution >= 4 is 27.4 Å². The molecule has 0 fully saturated rings. The van der Waals surface area contributed by atoms with Gasteiger partial charge in [-0.2, -0.15) is 0 Å². The standard InChI is InChI=1S/C17H17NO5S/c1-24(21,22)12-13-7-9-14(10-8-13)17(20)23-11-16(19)18-15-5-3-2-4-6-15/h2-10H,11-12H2,1H3,(H,18,19). The Labute approximate surface area is 140 Å². The van der Waals surface area contributed by atoms with E-state index in [0.717, 1.165) is 6.26 Å². The van der Waals surface area contributed by atoms with Gasteiger partial charge in [0.25, 0.3) is 5.91 Å². The summed E-state index contributed by atoms with van der Waals surface area (Å²) >= 11 is 0. The zero-order valence-corrected chi connectivity index (χ0v) is 13.9. The van der Waals surface area contributed by atoms with E-state index in [-0.39, 0.29) is 11.3 Å². The topological polar surface area (TPSA) is 89.5 Å². The summed E-state index contributed by atoms with van der Waals surface area (Å²) in [6.07, 6.45) is 1.14. The van der Waals surface area contributed by atoms with E-state index >= 15 is 0 Å². The first-order valence-electron chi connectivity index (χ1n) is 7.12. The second-order valence-corrected chi connectivity index (χ2v) is 7.40. The highest BCUT2D eigenvalue weighted by Gasteiger charge is 2.11. The normalized spacial score (nSPS) is 10.9. The molecule has 7 heteroatoms. The van der Waals surface area contributed by atoms with Crippen LogP contribution in [0.4, 0.5) is 5.69 Å². The van der Waals surface area contributed by atoms with Gasteiger partial charge in [0, 0.05) is 11.9 Å². The van der Waals surface area contributed by atoms with Crippen LogP contribution in [0.25, 0.3) is 0 Å². The Morgan fingerprint density at radius 2 is 1.62 bits per heavy atom. The average molecular weight is 347 g/mol. The molecule has 2 aromatic rings. The lowest BCUT2D eigenvalue weighted by Gasteiger charge is -2.07. The number of hydrogen-bond acceptors (Lipinski definition) is 5. The number of hydrogen-bond donors (Lipinski definition) is 1. The maximum absolute atomic E-state index is 11.9. The monoisotopic (exact) mass is 347 g/mol. The third-order valence-electron chi connectivity index (χ3n) is 3.01. The Morgan fingerprint density at radius 1 is 1.00 bits per heavy atom. The molecule has 0 aliphatic heterocycles. The summed E-state index contributed by atoms with van der Waals surface area (Å²) in [6.45, 7) is -0.404. The molecule has 1 N–H and O–H groups in total. The van der Waals surface area contributed by atoms with Gasteiger partial charge in [-0.3, -0.25) is 4.79 Å². The quantitative estimate of drug-likeness (QED) is 0.808. The number of benzene rings is 2. The minimum absolute atomic E-state index is 0.0954. The van der Waals surface area contributed by atoms with Gasteiger partial charge in [-0.1, -0.05) is 30.3 Å². The molecule has 0 saturated heterocycles. The Kier molecular flexibility index (Phi) is 5.70. The lowest BCUT2D eigenvalue weighted by molar-refractivity contribution is -0.119. The molecule has 0 aliphatic carbocycles. The van der Waals surface area contributed by atoms with E-state index in [1.807, 2.05) is 6.07 Å². The fourth-order valence-electron chi connectivity index (χ4n) is 1.97. The molecule has 126 valence electrons. The second kappa shape index (κ2) is 7.74. The first-order chi connectivity index (χ1) is 11.3. The van der Waals surface area contributed by atoms with Crippen LogP contribution in [0, 0.1) is 0 Å². The molecule has 2 aromatic carbocycles. The predicted molar refractivity (Wildman–Crippen MR) is 90.3 cm³/mol. The fraction of sp³-hybridized carbons (Fsp3) is 0.176. The fourth-order valence-corrected chi connectivity index (χ4v) is 2.77. The van der Waals surface area contributed by atoms with Gasteiger partial charge in [-0.15, -0.1) is 0 Å². The van der Waals surface area contributed by atoms with Crippen LogP contribution in [0.15, 0.2) is 54.6 Å². The number of anilines is 1. The summed E-state index contributed by atoms with van der Waals surface area (Å²) < 4.78 is 27.4. The molecule has 0 radical (unpaired) electrons. The number of sulfone groups is 1. The van der Waals surface area contributed by atoms with E-state index < -0.39 is 28.3 Å². The molecular weight excluding hydrogens is 330 g/mol. The predicted octanol–water partition coefficient (Wildman–Crippen LogP) is 2.03. The van der Waals surface area contributed by atoms with E-state index in [1.54, 1.807) is 36.4 Å². The molecule has 24 heavy (non-hydrogen) atoms. The van der Waals surface area contributed by atoms with Crippen LogP contribution in [-0.2, 0) is 25.1 Å². The zero-order chi connectivity index (χ0) is 17.6. The van der Waals surface area contributed by atoms with Gasteiger partial charge in [0.05, 0.1) is 11.3 Å². The van der Waals surface area contributed by atoms with Crippen molar-refractivity contribution in [1.82, 2.24) is 0 Å². The smallest absolute Gasteiger partial charge is 0.338 e. The highest BCUT2D eigenvalue weighted by atomic mass is 32.2. The molecule has 6 nitrogen and oxygen atoms in total. The van der Waals surface area contributed by atoms with Crippen molar-refractivity contribution in [2.45, 2.75) is 5.75 Å². The Bertz CT molecular complexity index is 814. The molecular formula is C17H17NO5S. The van der Waals surface area contributed by atoms with E-state index in [1.165, 1.54) is 12.1 Å². The van der Waals surface area contributed by atoms with Crippen molar-refractivity contribution in [1.29, 1.82) is 0 Å². The Hall–Kier alpha value is -2.67. The third kappa shape index (κ3) is 5.85. The van der Waals surface area contributed by atoms with E-state index in [4.69, 9.17) is 4.74 Å². The maximum Gasteiger partial charge on any atom is 0.338 e. The Morgan fingerprint density at radius 3 is 2.21 bits per heavy atom. The van der Waals surface area contributed by atoms with Crippen molar-refractivity contribution in [3.05, 3.63) is 65.7 Å². The lowest BCUT2D eigenvalue weighted by atomic mass is 10.1. The van der Waals surface area contributed by atoms with E-state index in [2.05, 4.69) is 5.32 Å². The van der Waals surface area contributed by atoms with Crippen molar-refractivity contribution in [3.8, 4) is 0 Å². The molecule has 0 unspecified atom stereocenters. The maximum atomic E-state index is 11.9. The van der Waals surface area contributed by atoms with Crippen LogP contribution in [0.5, 0.6) is 0 Å². The summed E-state index contributed by atoms with van der Waals surface area (Å²) in [5, 5.41) is 2.60. The third-order valence-corrected chi connectivity index (χ3v) is 3.87. The van der Waals surface area contributed by atoms with Gasteiger partial charge >= 0.3 is 5.97 Å². The molecule has 0 bridgehead atoms. The van der Waals surface area contributed by atoms with Crippen LogP contribution < -0.4 is 5.32 Å². The second-order valence-electron chi connectivity index (χ2n) is 5.26. The molecule has 0 spiro atoms. The van der Waals surface area contributed by atoms with Crippen LogP contribution in [0.1, 0.15) is 15.9 Å². The molecule has 1 amide bonds.